The van der Waals surface area contributed by atoms with Crippen LogP contribution in [0, 0.1) is 5.92 Å². The Balaban J connectivity index is 1.87. The molecule has 0 aliphatic heterocycles. The van der Waals surface area contributed by atoms with E-state index in [1.165, 1.54) is 12.8 Å². The predicted molar refractivity (Wildman–Crippen MR) is 91.4 cm³/mol. The number of hydrogen-bond donors (Lipinski definition) is 2. The first-order valence-corrected chi connectivity index (χ1v) is 9.33. The third-order valence-electron chi connectivity index (χ3n) is 4.06. The fourth-order valence-electron chi connectivity index (χ4n) is 2.90. The Bertz CT molecular complexity index is 542. The Morgan fingerprint density at radius 2 is 2.21 bits per heavy atom. The fraction of sp³-hybridized carbons (Fsp3) is 0.750. The van der Waals surface area contributed by atoms with Crippen molar-refractivity contribution < 1.29 is 13.2 Å². The van der Waals surface area contributed by atoms with Gasteiger partial charge < -0.3 is 10.6 Å². The number of halogens is 3. The summed E-state index contributed by atoms with van der Waals surface area (Å²) in [5.74, 6) is 1.46. The molecule has 136 valence electrons. The molecule has 1 aliphatic carbocycles. The Hall–Kier alpha value is -1.31. The molecule has 8 heteroatoms. The molecule has 0 saturated heterocycles. The molecule has 2 rings (SSSR count). The van der Waals surface area contributed by atoms with Gasteiger partial charge in [-0.3, -0.25) is 4.99 Å². The summed E-state index contributed by atoms with van der Waals surface area (Å²) in [5, 5.41) is 8.17. The minimum Gasteiger partial charge on any atom is -0.357 e. The van der Waals surface area contributed by atoms with Crippen molar-refractivity contribution in [3.05, 3.63) is 16.1 Å². The maximum Gasteiger partial charge on any atom is 0.434 e. The highest BCUT2D eigenvalue weighted by Crippen LogP contribution is 2.30. The number of aliphatic imine (C=N–C) groups is 1. The topological polar surface area (TPSA) is 49.3 Å². The zero-order valence-electron chi connectivity index (χ0n) is 14.1. The first-order valence-electron chi connectivity index (χ1n) is 8.45. The standard InChI is InChI=1S/C16H25F3N4S/c1-3-20-15(22-12-6-4-5-11(2)9-12)21-8-7-14-23-13(10-24-14)16(17,18)19/h10-12H,3-9H2,1-2H3,(H2,20,21,22). The lowest BCUT2D eigenvalue weighted by atomic mass is 9.87. The van der Waals surface area contributed by atoms with Crippen molar-refractivity contribution in [3.63, 3.8) is 0 Å². The maximum absolute atomic E-state index is 12.5. The van der Waals surface area contributed by atoms with E-state index in [-0.39, 0.29) is 0 Å². The zero-order chi connectivity index (χ0) is 17.6. The lowest BCUT2D eigenvalue weighted by Crippen LogP contribution is -2.45. The summed E-state index contributed by atoms with van der Waals surface area (Å²) < 4.78 is 37.6. The zero-order valence-corrected chi connectivity index (χ0v) is 14.9. The summed E-state index contributed by atoms with van der Waals surface area (Å²) >= 11 is 1.04. The predicted octanol–water partition coefficient (Wildman–Crippen LogP) is 3.84. The van der Waals surface area contributed by atoms with Crippen LogP contribution in [0.25, 0.3) is 0 Å². The third kappa shape index (κ3) is 5.96. The number of hydrogen-bond acceptors (Lipinski definition) is 3. The molecular formula is C16H25F3N4S. The molecule has 24 heavy (non-hydrogen) atoms. The van der Waals surface area contributed by atoms with Crippen LogP contribution in [0.5, 0.6) is 0 Å². The van der Waals surface area contributed by atoms with E-state index in [0.29, 0.717) is 24.0 Å². The number of guanidine groups is 1. The summed E-state index contributed by atoms with van der Waals surface area (Å²) in [6, 6.07) is 0.420. The molecular weight excluding hydrogens is 337 g/mol. The van der Waals surface area contributed by atoms with Crippen LogP contribution in [-0.4, -0.2) is 30.1 Å². The average molecular weight is 362 g/mol. The van der Waals surface area contributed by atoms with Crippen molar-refractivity contribution >= 4 is 17.3 Å². The van der Waals surface area contributed by atoms with Crippen LogP contribution in [0.15, 0.2) is 10.4 Å². The molecule has 1 heterocycles. The first-order chi connectivity index (χ1) is 11.4. The maximum atomic E-state index is 12.5. The lowest BCUT2D eigenvalue weighted by Gasteiger charge is -2.28. The number of nitrogens with one attached hydrogen (secondary N) is 2. The highest BCUT2D eigenvalue weighted by molar-refractivity contribution is 7.09. The summed E-state index contributed by atoms with van der Waals surface area (Å²) in [5.41, 5.74) is -0.812. The van der Waals surface area contributed by atoms with Gasteiger partial charge in [0.15, 0.2) is 11.7 Å². The van der Waals surface area contributed by atoms with Crippen LogP contribution < -0.4 is 10.6 Å². The molecule has 0 amide bonds. The number of aromatic nitrogens is 1. The Kier molecular flexibility index (Phi) is 6.89. The minimum atomic E-state index is -4.37. The third-order valence-corrected chi connectivity index (χ3v) is 4.97. The molecule has 1 aromatic rings. The van der Waals surface area contributed by atoms with Crippen LogP contribution in [-0.2, 0) is 12.6 Å². The van der Waals surface area contributed by atoms with Crippen molar-refractivity contribution in [2.45, 2.75) is 58.2 Å². The van der Waals surface area contributed by atoms with Gasteiger partial charge in [-0.05, 0) is 25.7 Å². The SMILES string of the molecule is CCNC(=NCCc1nc(C(F)(F)F)cs1)NC1CCCC(C)C1. The summed E-state index contributed by atoms with van der Waals surface area (Å²) in [6.45, 7) is 5.43. The summed E-state index contributed by atoms with van der Waals surface area (Å²) in [6.07, 6.45) is 0.807. The summed E-state index contributed by atoms with van der Waals surface area (Å²) in [4.78, 5) is 8.11. The van der Waals surface area contributed by atoms with Crippen molar-refractivity contribution in [1.82, 2.24) is 15.6 Å². The van der Waals surface area contributed by atoms with E-state index in [0.717, 1.165) is 48.0 Å². The fourth-order valence-corrected chi connectivity index (χ4v) is 3.69. The molecule has 1 saturated carbocycles. The number of nitrogens with zero attached hydrogens (tertiary/aromatic N) is 2. The normalized spacial score (nSPS) is 22.5. The van der Waals surface area contributed by atoms with Crippen molar-refractivity contribution in [2.24, 2.45) is 10.9 Å². The van der Waals surface area contributed by atoms with Crippen LogP contribution in [0.4, 0.5) is 13.2 Å². The number of rotatable bonds is 5. The number of alkyl halides is 3. The second kappa shape index (κ2) is 8.69. The van der Waals surface area contributed by atoms with Gasteiger partial charge in [-0.15, -0.1) is 11.3 Å². The largest absolute Gasteiger partial charge is 0.434 e. The molecule has 2 N–H and O–H groups in total. The van der Waals surface area contributed by atoms with Gasteiger partial charge in [0.25, 0.3) is 0 Å². The van der Waals surface area contributed by atoms with E-state index < -0.39 is 11.9 Å². The molecule has 1 fully saturated rings. The Labute approximate surface area is 145 Å². The molecule has 4 nitrogen and oxygen atoms in total. The van der Waals surface area contributed by atoms with E-state index in [1.54, 1.807) is 0 Å². The van der Waals surface area contributed by atoms with Gasteiger partial charge in [0.1, 0.15) is 0 Å². The first kappa shape index (κ1) is 19.0. The van der Waals surface area contributed by atoms with Gasteiger partial charge in [0, 0.05) is 30.9 Å². The molecule has 1 aliphatic rings. The Morgan fingerprint density at radius 1 is 1.42 bits per heavy atom. The molecule has 1 aromatic heterocycles. The van der Waals surface area contributed by atoms with Gasteiger partial charge >= 0.3 is 6.18 Å². The van der Waals surface area contributed by atoms with Crippen molar-refractivity contribution in [1.29, 1.82) is 0 Å². The van der Waals surface area contributed by atoms with Gasteiger partial charge in [-0.1, -0.05) is 19.8 Å². The van der Waals surface area contributed by atoms with Gasteiger partial charge in [-0.25, -0.2) is 4.98 Å². The second-order valence-corrected chi connectivity index (χ2v) is 7.19. The van der Waals surface area contributed by atoms with Gasteiger partial charge in [0.2, 0.25) is 0 Å². The quantitative estimate of drug-likeness (QED) is 0.618. The van der Waals surface area contributed by atoms with Gasteiger partial charge in [0.05, 0.1) is 5.01 Å². The monoisotopic (exact) mass is 362 g/mol. The van der Waals surface area contributed by atoms with E-state index in [9.17, 15) is 13.2 Å². The van der Waals surface area contributed by atoms with E-state index in [1.807, 2.05) is 6.92 Å². The van der Waals surface area contributed by atoms with Crippen molar-refractivity contribution in [3.8, 4) is 0 Å². The highest BCUT2D eigenvalue weighted by Gasteiger charge is 2.33. The van der Waals surface area contributed by atoms with Crippen LogP contribution in [0.3, 0.4) is 0 Å². The minimum absolute atomic E-state index is 0.415. The van der Waals surface area contributed by atoms with Crippen molar-refractivity contribution in [2.75, 3.05) is 13.1 Å². The van der Waals surface area contributed by atoms with Crippen LogP contribution >= 0.6 is 11.3 Å². The highest BCUT2D eigenvalue weighted by atomic mass is 32.1. The molecule has 0 spiro atoms. The Morgan fingerprint density at radius 3 is 2.83 bits per heavy atom. The van der Waals surface area contributed by atoms with Crippen LogP contribution in [0.1, 0.15) is 50.2 Å². The molecule has 2 unspecified atom stereocenters. The average Bonchev–Trinajstić information content (AvgIpc) is 2.96. The van der Waals surface area contributed by atoms with Crippen LogP contribution in [0.2, 0.25) is 0 Å². The molecule has 2 atom stereocenters. The smallest absolute Gasteiger partial charge is 0.357 e. The molecule has 0 aromatic carbocycles. The number of thiazole rings is 1. The second-order valence-electron chi connectivity index (χ2n) is 6.25. The van der Waals surface area contributed by atoms with E-state index in [2.05, 4.69) is 27.5 Å². The summed E-state index contributed by atoms with van der Waals surface area (Å²) in [7, 11) is 0. The molecule has 0 bridgehead atoms. The van der Waals surface area contributed by atoms with Gasteiger partial charge in [-0.2, -0.15) is 13.2 Å². The lowest BCUT2D eigenvalue weighted by molar-refractivity contribution is -0.140. The molecule has 0 radical (unpaired) electrons. The van der Waals surface area contributed by atoms with E-state index >= 15 is 0 Å². The van der Waals surface area contributed by atoms with E-state index in [4.69, 9.17) is 0 Å².